The summed E-state index contributed by atoms with van der Waals surface area (Å²) >= 11 is 0. The van der Waals surface area contributed by atoms with Gasteiger partial charge in [0.2, 0.25) is 0 Å². The van der Waals surface area contributed by atoms with Gasteiger partial charge in [0.15, 0.2) is 0 Å². The summed E-state index contributed by atoms with van der Waals surface area (Å²) in [6, 6.07) is 11.2. The summed E-state index contributed by atoms with van der Waals surface area (Å²) < 4.78 is 0. The Morgan fingerprint density at radius 1 is 0.905 bits per heavy atom. The number of aromatic hydroxyl groups is 1. The minimum Gasteiger partial charge on any atom is -0.872 e. The molecule has 0 bridgehead atoms. The molecule has 6 nitrogen and oxygen atoms in total. The first-order valence-corrected chi connectivity index (χ1v) is 5.42. The van der Waals surface area contributed by atoms with Crippen molar-refractivity contribution in [1.82, 2.24) is 0 Å². The second kappa shape index (κ2) is 8.63. The molecule has 0 aliphatic rings. The van der Waals surface area contributed by atoms with Crippen molar-refractivity contribution in [2.75, 3.05) is 0 Å². The van der Waals surface area contributed by atoms with Crippen LogP contribution >= 0.6 is 0 Å². The monoisotopic (exact) mass is 337 g/mol. The third kappa shape index (κ3) is 5.56. The molecule has 0 aliphatic heterocycles. The molecule has 1 radical (unpaired) electrons. The molecule has 2 rings (SSSR count). The predicted octanol–water partition coefficient (Wildman–Crippen LogP) is 0.212. The van der Waals surface area contributed by atoms with Gasteiger partial charge in [-0.15, -0.1) is 0 Å². The van der Waals surface area contributed by atoms with Crippen LogP contribution in [0, 0.1) is 0 Å². The molecule has 7 heteroatoms. The second-order valence-electron chi connectivity index (χ2n) is 3.61. The Hall–Kier alpha value is -2.50. The van der Waals surface area contributed by atoms with Crippen LogP contribution in [0.4, 0.5) is 0 Å². The third-order valence-corrected chi connectivity index (χ3v) is 2.24. The van der Waals surface area contributed by atoms with E-state index in [2.05, 4.69) is 0 Å². The van der Waals surface area contributed by atoms with Gasteiger partial charge in [-0.2, -0.15) is 0 Å². The van der Waals surface area contributed by atoms with E-state index in [1.165, 1.54) is 36.4 Å². The van der Waals surface area contributed by atoms with Gasteiger partial charge in [-0.25, -0.2) is 4.79 Å². The summed E-state index contributed by atoms with van der Waals surface area (Å²) in [5.74, 6) is -3.25. The van der Waals surface area contributed by atoms with E-state index in [-0.39, 0.29) is 33.9 Å². The van der Waals surface area contributed by atoms with Gasteiger partial charge < -0.3 is 25.2 Å². The standard InChI is InChI=1S/2C7H6O3.Cu/c2*8-6-4-2-1-3-5(6)7(9)10;/h2*1-4,8H,(H,9,10);/q;;+2/p-2. The minimum atomic E-state index is -1.43. The number of para-hydroxylation sites is 2. The number of aromatic carboxylic acids is 2. The zero-order valence-corrected chi connectivity index (χ0v) is 11.4. The first-order valence-electron chi connectivity index (χ1n) is 5.42. The first-order chi connectivity index (χ1) is 9.43. The number of carbonyl (C=O) groups excluding carboxylic acids is 1. The fourth-order valence-corrected chi connectivity index (χ4v) is 1.29. The van der Waals surface area contributed by atoms with Gasteiger partial charge in [-0.05, 0) is 17.7 Å². The second-order valence-corrected chi connectivity index (χ2v) is 3.61. The van der Waals surface area contributed by atoms with Crippen molar-refractivity contribution in [2.45, 2.75) is 0 Å². The number of hydrogen-bond acceptors (Lipinski definition) is 5. The van der Waals surface area contributed by atoms with E-state index in [1.54, 1.807) is 12.1 Å². The average molecular weight is 338 g/mol. The van der Waals surface area contributed by atoms with Crippen molar-refractivity contribution in [3.8, 4) is 11.5 Å². The number of hydrogen-bond donors (Lipinski definition) is 2. The van der Waals surface area contributed by atoms with Gasteiger partial charge in [-0.3, -0.25) is 0 Å². The summed E-state index contributed by atoms with van der Waals surface area (Å²) in [5, 5.41) is 38.1. The van der Waals surface area contributed by atoms with E-state index in [9.17, 15) is 19.8 Å². The maximum absolute atomic E-state index is 10.6. The van der Waals surface area contributed by atoms with Crippen LogP contribution < -0.4 is 10.2 Å². The Morgan fingerprint density at radius 3 is 1.71 bits per heavy atom. The Morgan fingerprint density at radius 2 is 1.38 bits per heavy atom. The van der Waals surface area contributed by atoms with Crippen molar-refractivity contribution >= 4 is 11.9 Å². The summed E-state index contributed by atoms with van der Waals surface area (Å²) in [5.41, 5.74) is -0.356. The maximum atomic E-state index is 10.6. The topological polar surface area (TPSA) is 121 Å². The molecule has 0 heterocycles. The Bertz CT molecular complexity index is 571. The number of rotatable bonds is 2. The summed E-state index contributed by atoms with van der Waals surface area (Å²) in [6.45, 7) is 0. The smallest absolute Gasteiger partial charge is 0.872 e. The molecule has 0 saturated carbocycles. The normalized spacial score (nSPS) is 8.76. The molecule has 0 unspecified atom stereocenters. The molecule has 0 spiro atoms. The Balaban J connectivity index is 0.000000364. The van der Waals surface area contributed by atoms with Crippen LogP contribution in [-0.2, 0) is 17.1 Å². The summed E-state index contributed by atoms with van der Waals surface area (Å²) in [7, 11) is 0. The molecule has 113 valence electrons. The SMILES string of the molecule is O=C(O)c1ccccc1O.O=C([O-])c1ccccc1[O-].[Cu+2]. The van der Waals surface area contributed by atoms with Crippen LogP contribution in [0.15, 0.2) is 48.5 Å². The van der Waals surface area contributed by atoms with Crippen LogP contribution in [0.3, 0.4) is 0 Å². The van der Waals surface area contributed by atoms with E-state index in [1.807, 2.05) is 0 Å². The Kier molecular flexibility index (Phi) is 7.60. The molecule has 0 amide bonds. The molecule has 0 aromatic heterocycles. The van der Waals surface area contributed by atoms with Gasteiger partial charge >= 0.3 is 23.0 Å². The van der Waals surface area contributed by atoms with Crippen LogP contribution in [0.5, 0.6) is 11.5 Å². The number of benzene rings is 2. The molecule has 2 aromatic carbocycles. The molecule has 0 saturated heterocycles. The first kappa shape index (κ1) is 18.5. The fraction of sp³-hybridized carbons (Fsp3) is 0. The Labute approximate surface area is 130 Å². The number of carboxylic acid groups (broad SMARTS) is 2. The van der Waals surface area contributed by atoms with Gasteiger partial charge in [0.05, 0.1) is 5.97 Å². The fourth-order valence-electron chi connectivity index (χ4n) is 1.29. The predicted molar refractivity (Wildman–Crippen MR) is 65.3 cm³/mol. The van der Waals surface area contributed by atoms with Crippen molar-refractivity contribution in [3.05, 3.63) is 59.7 Å². The largest absolute Gasteiger partial charge is 2.00 e. The zero-order chi connectivity index (χ0) is 15.1. The number of phenols is 1. The van der Waals surface area contributed by atoms with Gasteiger partial charge in [0.1, 0.15) is 11.3 Å². The third-order valence-electron chi connectivity index (χ3n) is 2.24. The molecule has 21 heavy (non-hydrogen) atoms. The summed E-state index contributed by atoms with van der Waals surface area (Å²) in [4.78, 5) is 20.4. The molecule has 0 aliphatic carbocycles. The van der Waals surface area contributed by atoms with Crippen LogP contribution in [0.2, 0.25) is 0 Å². The minimum absolute atomic E-state index is 0. The molecular formula is C14H10CuO6. The molecular weight excluding hydrogens is 328 g/mol. The average Bonchev–Trinajstić information content (AvgIpc) is 2.40. The van der Waals surface area contributed by atoms with Crippen LogP contribution in [-0.4, -0.2) is 22.2 Å². The maximum Gasteiger partial charge on any atom is 2.00 e. The molecule has 2 N–H and O–H groups in total. The van der Waals surface area contributed by atoms with E-state index < -0.39 is 17.7 Å². The zero-order valence-electron chi connectivity index (χ0n) is 10.4. The number of carbonyl (C=O) groups is 2. The van der Waals surface area contributed by atoms with Gasteiger partial charge in [-0.1, -0.05) is 42.1 Å². The molecule has 2 aromatic rings. The number of carboxylic acids is 2. The van der Waals surface area contributed by atoms with Gasteiger partial charge in [0.25, 0.3) is 0 Å². The van der Waals surface area contributed by atoms with Crippen molar-refractivity contribution < 1.29 is 47.1 Å². The quantitative estimate of drug-likeness (QED) is 0.756. The summed E-state index contributed by atoms with van der Waals surface area (Å²) in [6.07, 6.45) is 0. The van der Waals surface area contributed by atoms with Gasteiger partial charge in [0, 0.05) is 0 Å². The van der Waals surface area contributed by atoms with E-state index in [4.69, 9.17) is 10.2 Å². The van der Waals surface area contributed by atoms with E-state index in [0.717, 1.165) is 0 Å². The molecule has 0 atom stereocenters. The van der Waals surface area contributed by atoms with E-state index >= 15 is 0 Å². The van der Waals surface area contributed by atoms with Crippen molar-refractivity contribution in [2.24, 2.45) is 0 Å². The van der Waals surface area contributed by atoms with Crippen molar-refractivity contribution in [3.63, 3.8) is 0 Å². The van der Waals surface area contributed by atoms with Crippen molar-refractivity contribution in [1.29, 1.82) is 0 Å². The van der Waals surface area contributed by atoms with Crippen LogP contribution in [0.25, 0.3) is 0 Å². The molecule has 0 fully saturated rings. The van der Waals surface area contributed by atoms with Crippen LogP contribution in [0.1, 0.15) is 20.7 Å². The van der Waals surface area contributed by atoms with E-state index in [0.29, 0.717) is 0 Å².